The summed E-state index contributed by atoms with van der Waals surface area (Å²) in [6.07, 6.45) is 0. The molecule has 9 aromatic carbocycles. The minimum atomic E-state index is -3.39. The molecule has 280 valence electrons. The maximum atomic E-state index is 16.2. The number of nitrogens with zero attached hydrogens (tertiary/aromatic N) is 2. The van der Waals surface area contributed by atoms with E-state index in [-0.39, 0.29) is 0 Å². The summed E-state index contributed by atoms with van der Waals surface area (Å²) < 4.78 is 16.2. The number of hydrogen-bond acceptors (Lipinski definition) is 2. The summed E-state index contributed by atoms with van der Waals surface area (Å²) in [5, 5.41) is 6.68. The molecule has 1 aliphatic carbocycles. The number of allylic oxidation sites excluding steroid dienone is 1. The molecule has 0 spiro atoms. The smallest absolute Gasteiger partial charge is 0.171 e. The highest BCUT2D eigenvalue weighted by atomic mass is 31.2. The average molecular weight is 775 g/mol. The molecule has 10 rings (SSSR count). The van der Waals surface area contributed by atoms with Crippen LogP contribution in [0.2, 0.25) is 0 Å². The van der Waals surface area contributed by atoms with Gasteiger partial charge in [0.25, 0.3) is 0 Å². The largest absolute Gasteiger partial charge is 0.309 e. The van der Waals surface area contributed by atoms with Crippen molar-refractivity contribution >= 4 is 68.4 Å². The van der Waals surface area contributed by atoms with Crippen molar-refractivity contribution in [3.05, 3.63) is 258 Å². The average Bonchev–Trinajstić information content (AvgIpc) is 3.61. The van der Waals surface area contributed by atoms with Gasteiger partial charge in [-0.3, -0.25) is 0 Å². The van der Waals surface area contributed by atoms with Crippen LogP contribution in [0.4, 0.5) is 0 Å². The number of amidine groups is 1. The predicted octanol–water partition coefficient (Wildman–Crippen LogP) is 12.0. The first kappa shape index (κ1) is 36.2. The van der Waals surface area contributed by atoms with E-state index in [9.17, 15) is 0 Å². The fraction of sp³-hybridized carbons (Fsp3) is 0.0182. The van der Waals surface area contributed by atoms with Crippen LogP contribution in [-0.4, -0.2) is 12.6 Å². The summed E-state index contributed by atoms with van der Waals surface area (Å²) in [7, 11) is -3.39. The molecule has 0 radical (unpaired) electrons. The maximum absolute atomic E-state index is 16.2. The van der Waals surface area contributed by atoms with Crippen molar-refractivity contribution in [3.63, 3.8) is 0 Å². The van der Waals surface area contributed by atoms with Crippen LogP contribution in [0.15, 0.2) is 234 Å². The lowest BCUT2D eigenvalue weighted by Gasteiger charge is -2.36. The third kappa shape index (κ3) is 6.02. The maximum Gasteiger partial charge on any atom is 0.171 e. The molecule has 9 aromatic rings. The molecule has 59 heavy (non-hydrogen) atoms. The van der Waals surface area contributed by atoms with Crippen molar-refractivity contribution in [2.45, 2.75) is 5.41 Å². The van der Waals surface area contributed by atoms with Gasteiger partial charge in [-0.05, 0) is 62.6 Å². The first-order valence-electron chi connectivity index (χ1n) is 19.9. The third-order valence-corrected chi connectivity index (χ3v) is 14.8. The lowest BCUT2D eigenvalue weighted by atomic mass is 9.65. The van der Waals surface area contributed by atoms with Gasteiger partial charge in [-0.1, -0.05) is 212 Å². The van der Waals surface area contributed by atoms with Gasteiger partial charge in [-0.15, -0.1) is 0 Å². The lowest BCUT2D eigenvalue weighted by molar-refractivity contribution is 0.592. The summed E-state index contributed by atoms with van der Waals surface area (Å²) in [6.45, 7) is 3.99. The van der Waals surface area contributed by atoms with Crippen molar-refractivity contribution in [2.75, 3.05) is 0 Å². The van der Waals surface area contributed by atoms with E-state index in [1.165, 1.54) is 0 Å². The molecule has 0 aromatic heterocycles. The molecular weight excluding hydrogens is 736 g/mol. The van der Waals surface area contributed by atoms with E-state index in [2.05, 4.69) is 169 Å². The predicted molar refractivity (Wildman–Crippen MR) is 249 cm³/mol. The van der Waals surface area contributed by atoms with Crippen molar-refractivity contribution in [1.82, 2.24) is 0 Å². The van der Waals surface area contributed by atoms with Gasteiger partial charge < -0.3 is 4.57 Å². The summed E-state index contributed by atoms with van der Waals surface area (Å²) in [6, 6.07) is 77.4. The first-order chi connectivity index (χ1) is 29.1. The number of fused-ring (bicyclic) bond motifs is 3. The second-order valence-corrected chi connectivity index (χ2v) is 17.7. The van der Waals surface area contributed by atoms with Gasteiger partial charge in [0.05, 0.1) is 11.1 Å². The molecule has 0 saturated carbocycles. The van der Waals surface area contributed by atoms with E-state index in [0.717, 1.165) is 82.1 Å². The molecule has 0 atom stereocenters. The van der Waals surface area contributed by atoms with E-state index in [0.29, 0.717) is 5.84 Å². The molecule has 4 heteroatoms. The molecule has 0 N–H and O–H groups in total. The summed E-state index contributed by atoms with van der Waals surface area (Å²) >= 11 is 0. The number of aliphatic imine (C=N–C) groups is 2. The van der Waals surface area contributed by atoms with Gasteiger partial charge in [0, 0.05) is 32.6 Å². The van der Waals surface area contributed by atoms with Crippen molar-refractivity contribution in [1.29, 1.82) is 0 Å². The Hall–Kier alpha value is -7.19. The summed E-state index contributed by atoms with van der Waals surface area (Å²) in [5.41, 5.74) is 7.33. The third-order valence-electron chi connectivity index (χ3n) is 11.7. The van der Waals surface area contributed by atoms with Gasteiger partial charge in [0.2, 0.25) is 0 Å². The highest BCUT2D eigenvalue weighted by molar-refractivity contribution is 7.85. The SMILES string of the molecule is C=N/C(=N\C1=C(c2ccc(P(=O)(c3ccc4ccccc4c3)c3ccc4ccccc4c3)cc2)C(c2ccccc2)(c2ccccc2)c2ccccc21)c1ccccc1. The molecule has 0 aliphatic heterocycles. The first-order valence-corrected chi connectivity index (χ1v) is 21.6. The molecule has 1 aliphatic rings. The van der Waals surface area contributed by atoms with Crippen LogP contribution in [0.25, 0.3) is 32.8 Å². The Kier molecular flexibility index (Phi) is 9.17. The van der Waals surface area contributed by atoms with E-state index in [1.807, 2.05) is 66.7 Å². The minimum absolute atomic E-state index is 0.540. The molecule has 0 bridgehead atoms. The van der Waals surface area contributed by atoms with Gasteiger partial charge in [0.1, 0.15) is 0 Å². The van der Waals surface area contributed by atoms with Crippen LogP contribution < -0.4 is 15.9 Å². The second-order valence-electron chi connectivity index (χ2n) is 14.9. The van der Waals surface area contributed by atoms with Crippen molar-refractivity contribution in [2.24, 2.45) is 9.98 Å². The van der Waals surface area contributed by atoms with E-state index >= 15 is 4.57 Å². The van der Waals surface area contributed by atoms with Gasteiger partial charge in [-0.25, -0.2) is 9.98 Å². The summed E-state index contributed by atoms with van der Waals surface area (Å²) in [4.78, 5) is 9.95. The highest BCUT2D eigenvalue weighted by Gasteiger charge is 2.48. The van der Waals surface area contributed by atoms with Gasteiger partial charge in [-0.2, -0.15) is 0 Å². The Morgan fingerprint density at radius 2 is 0.915 bits per heavy atom. The standard InChI is InChI=1S/C55H39N2OP/c1-56-54(42-19-5-2-6-20-42)57-53-50-27-15-16-28-51(50)55(45-23-7-3-8-24-45,46-25-9-4-10-26-46)52(53)41-31-33-47(34-32-41)59(58,48-35-29-39-17-11-13-21-43(39)37-48)49-36-30-40-18-12-14-22-44(40)38-49/h2-38H,1H2/b57-54-. The van der Waals surface area contributed by atoms with Crippen LogP contribution in [0.5, 0.6) is 0 Å². The van der Waals surface area contributed by atoms with Crippen molar-refractivity contribution < 1.29 is 4.57 Å². The van der Waals surface area contributed by atoms with Crippen LogP contribution in [0.3, 0.4) is 0 Å². The monoisotopic (exact) mass is 774 g/mol. The molecule has 0 amide bonds. The lowest BCUT2D eigenvalue weighted by Crippen LogP contribution is -2.29. The number of hydrogen-bond donors (Lipinski definition) is 0. The van der Waals surface area contributed by atoms with Gasteiger partial charge >= 0.3 is 0 Å². The Morgan fingerprint density at radius 3 is 1.46 bits per heavy atom. The highest BCUT2D eigenvalue weighted by Crippen LogP contribution is 2.58. The fourth-order valence-electron chi connectivity index (χ4n) is 8.99. The van der Waals surface area contributed by atoms with Crippen molar-refractivity contribution in [3.8, 4) is 0 Å². The zero-order valence-electron chi connectivity index (χ0n) is 32.3. The number of benzene rings is 9. The molecule has 0 unspecified atom stereocenters. The molecule has 0 heterocycles. The van der Waals surface area contributed by atoms with Crippen LogP contribution in [0, 0.1) is 0 Å². The zero-order chi connectivity index (χ0) is 39.8. The number of rotatable bonds is 8. The topological polar surface area (TPSA) is 41.8 Å². The Bertz CT molecular complexity index is 3010. The quantitative estimate of drug-likeness (QED) is 0.0861. The van der Waals surface area contributed by atoms with E-state index in [4.69, 9.17) is 4.99 Å². The van der Waals surface area contributed by atoms with E-state index < -0.39 is 12.6 Å². The van der Waals surface area contributed by atoms with Crippen LogP contribution in [-0.2, 0) is 9.98 Å². The summed E-state index contributed by atoms with van der Waals surface area (Å²) in [5.74, 6) is 0.540. The fourth-order valence-corrected chi connectivity index (χ4v) is 11.7. The molecular formula is C55H39N2OP. The molecule has 0 fully saturated rings. The van der Waals surface area contributed by atoms with Gasteiger partial charge in [0.15, 0.2) is 13.0 Å². The Balaban J connectivity index is 1.25. The minimum Gasteiger partial charge on any atom is -0.309 e. The molecule has 3 nitrogen and oxygen atoms in total. The Morgan fingerprint density at radius 1 is 0.458 bits per heavy atom. The zero-order valence-corrected chi connectivity index (χ0v) is 33.2. The van der Waals surface area contributed by atoms with Crippen LogP contribution in [0.1, 0.15) is 33.4 Å². The Labute approximate surface area is 344 Å². The second kappa shape index (κ2) is 15.0. The van der Waals surface area contributed by atoms with Crippen LogP contribution >= 0.6 is 7.14 Å². The molecule has 0 saturated heterocycles. The normalized spacial score (nSPS) is 13.7. The van der Waals surface area contributed by atoms with E-state index in [1.54, 1.807) is 0 Å².